The van der Waals surface area contributed by atoms with Crippen molar-refractivity contribution < 1.29 is 4.79 Å². The van der Waals surface area contributed by atoms with Gasteiger partial charge in [-0.15, -0.1) is 0 Å². The Morgan fingerprint density at radius 1 is 0.963 bits per heavy atom. The number of primary amides is 1. The second-order valence-corrected chi connectivity index (χ2v) is 6.43. The van der Waals surface area contributed by atoms with Gasteiger partial charge in [0.15, 0.2) is 0 Å². The van der Waals surface area contributed by atoms with Crippen LogP contribution >= 0.6 is 0 Å². The smallest absolute Gasteiger partial charge is 0.267 e. The van der Waals surface area contributed by atoms with Crippen molar-refractivity contribution in [2.45, 2.75) is 13.3 Å². The zero-order chi connectivity index (χ0) is 18.8. The van der Waals surface area contributed by atoms with Gasteiger partial charge >= 0.3 is 0 Å². The van der Waals surface area contributed by atoms with Gasteiger partial charge in [0.05, 0.1) is 11.2 Å². The maximum absolute atomic E-state index is 11.5. The lowest BCUT2D eigenvalue weighted by atomic mass is 9.97. The molecule has 0 aliphatic rings. The predicted octanol–water partition coefficient (Wildman–Crippen LogP) is 4.63. The van der Waals surface area contributed by atoms with E-state index in [4.69, 9.17) is 10.7 Å². The first kappa shape index (κ1) is 16.9. The van der Waals surface area contributed by atoms with Crippen molar-refractivity contribution in [2.24, 2.45) is 5.73 Å². The molecule has 2 aromatic heterocycles. The third kappa shape index (κ3) is 3.29. The Balaban J connectivity index is 1.97. The molecule has 0 saturated carbocycles. The van der Waals surface area contributed by atoms with Gasteiger partial charge in [0.25, 0.3) is 5.91 Å². The summed E-state index contributed by atoms with van der Waals surface area (Å²) in [6.07, 6.45) is 2.64. The first-order chi connectivity index (χ1) is 13.2. The summed E-state index contributed by atoms with van der Waals surface area (Å²) in [6, 6.07) is 22.3. The highest BCUT2D eigenvalue weighted by molar-refractivity contribution is 5.96. The highest BCUT2D eigenvalue weighted by Crippen LogP contribution is 2.33. The van der Waals surface area contributed by atoms with E-state index in [1.165, 1.54) is 5.56 Å². The summed E-state index contributed by atoms with van der Waals surface area (Å²) in [5.74, 6) is -0.556. The van der Waals surface area contributed by atoms with E-state index in [1.54, 1.807) is 12.3 Å². The molecule has 2 heterocycles. The third-order valence-electron chi connectivity index (χ3n) is 4.67. The van der Waals surface area contributed by atoms with Gasteiger partial charge in [0, 0.05) is 22.7 Å². The number of fused-ring (bicyclic) bond motifs is 1. The summed E-state index contributed by atoms with van der Waals surface area (Å²) in [4.78, 5) is 20.5. The van der Waals surface area contributed by atoms with Crippen molar-refractivity contribution in [2.75, 3.05) is 0 Å². The number of pyridine rings is 2. The van der Waals surface area contributed by atoms with Gasteiger partial charge in [0.1, 0.15) is 5.69 Å². The molecule has 132 valence electrons. The minimum absolute atomic E-state index is 0.217. The van der Waals surface area contributed by atoms with E-state index in [2.05, 4.69) is 54.4 Å². The summed E-state index contributed by atoms with van der Waals surface area (Å²) < 4.78 is 0. The Morgan fingerprint density at radius 3 is 2.37 bits per heavy atom. The zero-order valence-electron chi connectivity index (χ0n) is 15.0. The van der Waals surface area contributed by atoms with Crippen molar-refractivity contribution in [3.05, 3.63) is 84.2 Å². The van der Waals surface area contributed by atoms with E-state index < -0.39 is 5.91 Å². The molecule has 0 saturated heterocycles. The van der Waals surface area contributed by atoms with Crippen LogP contribution in [0.1, 0.15) is 23.0 Å². The second kappa shape index (κ2) is 7.00. The normalized spacial score (nSPS) is 10.9. The van der Waals surface area contributed by atoms with Gasteiger partial charge in [-0.1, -0.05) is 61.5 Å². The van der Waals surface area contributed by atoms with Crippen LogP contribution in [0.15, 0.2) is 72.9 Å². The highest BCUT2D eigenvalue weighted by atomic mass is 16.1. The number of hydrogen-bond acceptors (Lipinski definition) is 3. The van der Waals surface area contributed by atoms with Crippen molar-refractivity contribution in [1.82, 2.24) is 9.97 Å². The highest BCUT2D eigenvalue weighted by Gasteiger charge is 2.13. The largest absolute Gasteiger partial charge is 0.364 e. The van der Waals surface area contributed by atoms with Gasteiger partial charge in [-0.05, 0) is 29.7 Å². The average molecular weight is 353 g/mol. The van der Waals surface area contributed by atoms with Crippen LogP contribution in [0.5, 0.6) is 0 Å². The number of amides is 1. The van der Waals surface area contributed by atoms with Gasteiger partial charge in [-0.25, -0.2) is 4.98 Å². The molecular weight excluding hydrogens is 334 g/mol. The molecule has 0 atom stereocenters. The van der Waals surface area contributed by atoms with Crippen LogP contribution in [-0.2, 0) is 6.42 Å². The van der Waals surface area contributed by atoms with Crippen LogP contribution in [0.4, 0.5) is 0 Å². The summed E-state index contributed by atoms with van der Waals surface area (Å²) in [6.45, 7) is 2.14. The van der Waals surface area contributed by atoms with E-state index in [0.29, 0.717) is 5.52 Å². The Morgan fingerprint density at radius 2 is 1.70 bits per heavy atom. The number of benzene rings is 2. The molecule has 0 bridgehead atoms. The topological polar surface area (TPSA) is 68.9 Å². The predicted molar refractivity (Wildman–Crippen MR) is 108 cm³/mol. The zero-order valence-corrected chi connectivity index (χ0v) is 15.0. The van der Waals surface area contributed by atoms with Gasteiger partial charge in [-0.2, -0.15) is 0 Å². The lowest BCUT2D eigenvalue weighted by Gasteiger charge is -2.12. The Labute approximate surface area is 157 Å². The molecule has 0 unspecified atom stereocenters. The van der Waals surface area contributed by atoms with E-state index in [0.717, 1.165) is 34.2 Å². The molecule has 4 aromatic rings. The van der Waals surface area contributed by atoms with E-state index in [1.807, 2.05) is 18.2 Å². The molecule has 1 amide bonds. The molecule has 0 fully saturated rings. The molecule has 27 heavy (non-hydrogen) atoms. The van der Waals surface area contributed by atoms with Crippen LogP contribution in [0.2, 0.25) is 0 Å². The fraction of sp³-hybridized carbons (Fsp3) is 0.0870. The number of rotatable bonds is 4. The molecular formula is C23H19N3O. The summed E-state index contributed by atoms with van der Waals surface area (Å²) in [7, 11) is 0. The molecule has 0 aliphatic heterocycles. The molecule has 0 radical (unpaired) electrons. The van der Waals surface area contributed by atoms with Crippen LogP contribution in [-0.4, -0.2) is 15.9 Å². The first-order valence-corrected chi connectivity index (χ1v) is 8.91. The number of carbonyl (C=O) groups is 1. The third-order valence-corrected chi connectivity index (χ3v) is 4.67. The summed E-state index contributed by atoms with van der Waals surface area (Å²) in [5, 5.41) is 0.868. The summed E-state index contributed by atoms with van der Waals surface area (Å²) in [5.41, 5.74) is 11.6. The van der Waals surface area contributed by atoms with Crippen molar-refractivity contribution >= 4 is 16.8 Å². The maximum atomic E-state index is 11.5. The summed E-state index contributed by atoms with van der Waals surface area (Å²) >= 11 is 0. The number of aromatic nitrogens is 2. The number of aryl methyl sites for hydroxylation is 1. The average Bonchev–Trinajstić information content (AvgIpc) is 2.73. The van der Waals surface area contributed by atoms with Crippen molar-refractivity contribution in [3.63, 3.8) is 0 Å². The van der Waals surface area contributed by atoms with Crippen LogP contribution in [0, 0.1) is 0 Å². The molecule has 4 nitrogen and oxygen atoms in total. The van der Waals surface area contributed by atoms with E-state index >= 15 is 0 Å². The van der Waals surface area contributed by atoms with Gasteiger partial charge < -0.3 is 5.73 Å². The minimum Gasteiger partial charge on any atom is -0.364 e. The fourth-order valence-corrected chi connectivity index (χ4v) is 3.16. The number of hydrogen-bond donors (Lipinski definition) is 1. The van der Waals surface area contributed by atoms with Gasteiger partial charge in [-0.3, -0.25) is 9.78 Å². The standard InChI is InChI=1S/C23H19N3O/c1-2-15-8-10-17(11-9-15)22-19(16-6-4-3-5-7-16)12-18-14-25-21(23(24)27)13-20(18)26-22/h3-14H,2H2,1H3,(H2,24,27). The Hall–Kier alpha value is -3.53. The lowest BCUT2D eigenvalue weighted by Crippen LogP contribution is -2.12. The molecule has 4 rings (SSSR count). The Kier molecular flexibility index (Phi) is 4.38. The fourth-order valence-electron chi connectivity index (χ4n) is 3.16. The van der Waals surface area contributed by atoms with Crippen LogP contribution in [0.3, 0.4) is 0 Å². The number of nitrogens with zero attached hydrogens (tertiary/aromatic N) is 2. The molecule has 2 N–H and O–H groups in total. The molecule has 2 aromatic carbocycles. The van der Waals surface area contributed by atoms with E-state index in [-0.39, 0.29) is 5.69 Å². The number of carbonyl (C=O) groups excluding carboxylic acids is 1. The van der Waals surface area contributed by atoms with Gasteiger partial charge in [0.2, 0.25) is 0 Å². The molecule has 0 spiro atoms. The first-order valence-electron chi connectivity index (χ1n) is 8.91. The quantitative estimate of drug-likeness (QED) is 0.582. The van der Waals surface area contributed by atoms with Crippen LogP contribution in [0.25, 0.3) is 33.3 Å². The van der Waals surface area contributed by atoms with Crippen molar-refractivity contribution in [3.8, 4) is 22.4 Å². The number of nitrogens with two attached hydrogens (primary N) is 1. The molecule has 4 heteroatoms. The monoisotopic (exact) mass is 353 g/mol. The Bertz CT molecular complexity index is 1120. The van der Waals surface area contributed by atoms with Crippen molar-refractivity contribution in [1.29, 1.82) is 0 Å². The SMILES string of the molecule is CCc1ccc(-c2nc3cc(C(N)=O)ncc3cc2-c2ccccc2)cc1. The lowest BCUT2D eigenvalue weighted by molar-refractivity contribution is 0.0995. The molecule has 0 aliphatic carbocycles. The second-order valence-electron chi connectivity index (χ2n) is 6.43. The maximum Gasteiger partial charge on any atom is 0.267 e. The van der Waals surface area contributed by atoms with Crippen LogP contribution < -0.4 is 5.73 Å². The minimum atomic E-state index is -0.556. The van der Waals surface area contributed by atoms with E-state index in [9.17, 15) is 4.79 Å².